The molecule has 2 aromatic heterocycles. The highest BCUT2D eigenvalue weighted by Gasteiger charge is 2.31. The molecule has 6 nitrogen and oxygen atoms in total. The van der Waals surface area contributed by atoms with Crippen molar-refractivity contribution in [1.82, 2.24) is 19.7 Å². The average molecular weight is 373 g/mol. The molecule has 0 radical (unpaired) electrons. The van der Waals surface area contributed by atoms with Crippen molar-refractivity contribution in [3.05, 3.63) is 29.7 Å². The third kappa shape index (κ3) is 6.46. The maximum Gasteiger partial charge on any atom is 0.416 e. The van der Waals surface area contributed by atoms with Crippen LogP contribution < -0.4 is 5.32 Å². The van der Waals surface area contributed by atoms with Gasteiger partial charge in [-0.05, 0) is 25.1 Å². The van der Waals surface area contributed by atoms with Crippen molar-refractivity contribution < 1.29 is 17.9 Å². The molecule has 10 heteroatoms. The number of hydrogen-bond donors (Lipinski definition) is 1. The fourth-order valence-corrected chi connectivity index (χ4v) is 2.72. The van der Waals surface area contributed by atoms with Crippen LogP contribution in [0.25, 0.3) is 0 Å². The van der Waals surface area contributed by atoms with E-state index < -0.39 is 19.8 Å². The van der Waals surface area contributed by atoms with E-state index in [-0.39, 0.29) is 24.2 Å². The first kappa shape index (κ1) is 19.4. The highest BCUT2D eigenvalue weighted by molar-refractivity contribution is 6.76. The van der Waals surface area contributed by atoms with Crippen LogP contribution in [-0.4, -0.2) is 34.4 Å². The van der Waals surface area contributed by atoms with Crippen LogP contribution in [0.2, 0.25) is 25.7 Å². The highest BCUT2D eigenvalue weighted by Crippen LogP contribution is 2.31. The summed E-state index contributed by atoms with van der Waals surface area (Å²) < 4.78 is 45.6. The Hall–Kier alpha value is -1.94. The van der Waals surface area contributed by atoms with Crippen molar-refractivity contribution in [2.45, 2.75) is 45.5 Å². The standard InChI is InChI=1S/C15H22F3N5OSi/c1-11-7-12(15(16,17)18)8-13(20-11)21-14-19-9-23(22-14)10-24-5-6-25(2,3)4/h7-9H,5-6,10H2,1-4H3,(H,20,21,22). The normalized spacial score (nSPS) is 12.4. The molecule has 0 saturated heterocycles. The van der Waals surface area contributed by atoms with Gasteiger partial charge >= 0.3 is 6.18 Å². The fourth-order valence-electron chi connectivity index (χ4n) is 1.96. The molecule has 0 fully saturated rings. The first-order chi connectivity index (χ1) is 11.5. The van der Waals surface area contributed by atoms with Crippen molar-refractivity contribution in [2.75, 3.05) is 11.9 Å². The number of aromatic nitrogens is 4. The summed E-state index contributed by atoms with van der Waals surface area (Å²) in [5, 5.41) is 6.81. The monoisotopic (exact) mass is 373 g/mol. The van der Waals surface area contributed by atoms with Crippen molar-refractivity contribution in [3.63, 3.8) is 0 Å². The van der Waals surface area contributed by atoms with Crippen LogP contribution in [0.15, 0.2) is 18.5 Å². The molecule has 0 aliphatic heterocycles. The maximum atomic E-state index is 12.8. The van der Waals surface area contributed by atoms with Gasteiger partial charge < -0.3 is 10.1 Å². The first-order valence-electron chi connectivity index (χ1n) is 7.83. The number of hydrogen-bond acceptors (Lipinski definition) is 5. The van der Waals surface area contributed by atoms with Gasteiger partial charge in [0.05, 0.1) is 5.56 Å². The summed E-state index contributed by atoms with van der Waals surface area (Å²) in [5.41, 5.74) is -0.511. The number of rotatable bonds is 7. The molecule has 0 spiro atoms. The molecular formula is C15H22F3N5OSi. The molecule has 0 unspecified atom stereocenters. The molecule has 0 atom stereocenters. The summed E-state index contributed by atoms with van der Waals surface area (Å²) in [6.07, 6.45) is -2.97. The molecule has 25 heavy (non-hydrogen) atoms. The Bertz CT molecular complexity index is 712. The van der Waals surface area contributed by atoms with Crippen molar-refractivity contribution in [3.8, 4) is 0 Å². The SMILES string of the molecule is Cc1cc(C(F)(F)F)cc(Nc2ncn(COCC[Si](C)(C)C)n2)n1. The topological polar surface area (TPSA) is 64.9 Å². The Morgan fingerprint density at radius 1 is 1.24 bits per heavy atom. The average Bonchev–Trinajstić information content (AvgIpc) is 2.88. The van der Waals surface area contributed by atoms with E-state index in [4.69, 9.17) is 4.74 Å². The molecular weight excluding hydrogens is 351 g/mol. The lowest BCUT2D eigenvalue weighted by Crippen LogP contribution is -2.22. The van der Waals surface area contributed by atoms with Crippen LogP contribution in [0.4, 0.5) is 24.9 Å². The number of ether oxygens (including phenoxy) is 1. The molecule has 0 saturated carbocycles. The molecule has 0 aliphatic carbocycles. The summed E-state index contributed by atoms with van der Waals surface area (Å²) >= 11 is 0. The second-order valence-corrected chi connectivity index (χ2v) is 12.6. The quantitative estimate of drug-likeness (QED) is 0.586. The Balaban J connectivity index is 1.96. The van der Waals surface area contributed by atoms with Gasteiger partial charge in [-0.15, -0.1) is 5.10 Å². The van der Waals surface area contributed by atoms with Crippen LogP contribution >= 0.6 is 0 Å². The smallest absolute Gasteiger partial charge is 0.359 e. The Kier molecular flexibility index (Phi) is 5.83. The Morgan fingerprint density at radius 3 is 2.60 bits per heavy atom. The van der Waals surface area contributed by atoms with E-state index in [9.17, 15) is 13.2 Å². The number of anilines is 2. The molecule has 0 aliphatic rings. The van der Waals surface area contributed by atoms with Gasteiger partial charge in [-0.25, -0.2) is 14.6 Å². The van der Waals surface area contributed by atoms with E-state index in [1.165, 1.54) is 17.9 Å². The molecule has 1 N–H and O–H groups in total. The lowest BCUT2D eigenvalue weighted by molar-refractivity contribution is -0.137. The maximum absolute atomic E-state index is 12.8. The van der Waals surface area contributed by atoms with E-state index in [1.54, 1.807) is 0 Å². The van der Waals surface area contributed by atoms with Gasteiger partial charge in [0, 0.05) is 20.4 Å². The zero-order chi connectivity index (χ0) is 18.7. The third-order valence-corrected chi connectivity index (χ3v) is 4.98. The second-order valence-electron chi connectivity index (χ2n) is 6.96. The largest absolute Gasteiger partial charge is 0.416 e. The number of halogens is 3. The third-order valence-electron chi connectivity index (χ3n) is 3.28. The van der Waals surface area contributed by atoms with E-state index in [0.717, 1.165) is 18.2 Å². The van der Waals surface area contributed by atoms with Crippen LogP contribution in [0.3, 0.4) is 0 Å². The minimum Gasteiger partial charge on any atom is -0.359 e. The summed E-state index contributed by atoms with van der Waals surface area (Å²) in [7, 11) is -1.15. The summed E-state index contributed by atoms with van der Waals surface area (Å²) in [5.74, 6) is 0.213. The van der Waals surface area contributed by atoms with Gasteiger partial charge in [0.25, 0.3) is 0 Å². The predicted molar refractivity (Wildman–Crippen MR) is 91.4 cm³/mol. The van der Waals surface area contributed by atoms with Crippen LogP contribution in [0.1, 0.15) is 11.3 Å². The van der Waals surface area contributed by atoms with Crippen molar-refractivity contribution >= 4 is 19.8 Å². The second kappa shape index (κ2) is 7.52. The molecule has 2 rings (SSSR count). The lowest BCUT2D eigenvalue weighted by atomic mass is 10.2. The van der Waals surface area contributed by atoms with Crippen LogP contribution in [0.5, 0.6) is 0 Å². The lowest BCUT2D eigenvalue weighted by Gasteiger charge is -2.15. The zero-order valence-electron chi connectivity index (χ0n) is 14.7. The minimum atomic E-state index is -4.43. The molecule has 0 aromatic carbocycles. The Morgan fingerprint density at radius 2 is 1.96 bits per heavy atom. The van der Waals surface area contributed by atoms with Crippen molar-refractivity contribution in [1.29, 1.82) is 0 Å². The van der Waals surface area contributed by atoms with Gasteiger partial charge in [-0.2, -0.15) is 13.2 Å². The summed E-state index contributed by atoms with van der Waals surface area (Å²) in [6.45, 7) is 9.17. The van der Waals surface area contributed by atoms with Gasteiger partial charge in [-0.3, -0.25) is 0 Å². The van der Waals surface area contributed by atoms with Crippen LogP contribution in [-0.2, 0) is 17.6 Å². The number of pyridine rings is 1. The number of nitrogens with zero attached hydrogens (tertiary/aromatic N) is 4. The molecule has 0 amide bonds. The van der Waals surface area contributed by atoms with Gasteiger partial charge in [-0.1, -0.05) is 19.6 Å². The highest BCUT2D eigenvalue weighted by atomic mass is 28.3. The first-order valence-corrected chi connectivity index (χ1v) is 11.5. The van der Waals surface area contributed by atoms with Crippen LogP contribution in [0, 0.1) is 6.92 Å². The Labute approximate surface area is 145 Å². The van der Waals surface area contributed by atoms with E-state index in [0.29, 0.717) is 6.61 Å². The van der Waals surface area contributed by atoms with Gasteiger partial charge in [0.2, 0.25) is 5.95 Å². The van der Waals surface area contributed by atoms with E-state index >= 15 is 0 Å². The molecule has 0 bridgehead atoms. The summed E-state index contributed by atoms with van der Waals surface area (Å²) in [6, 6.07) is 2.96. The number of aryl methyl sites for hydroxylation is 1. The molecule has 2 aromatic rings. The van der Waals surface area contributed by atoms with Crippen molar-refractivity contribution in [2.24, 2.45) is 0 Å². The predicted octanol–water partition coefficient (Wildman–Crippen LogP) is 4.06. The number of nitrogens with one attached hydrogen (secondary N) is 1. The molecule has 138 valence electrons. The minimum absolute atomic E-state index is 0.0460. The van der Waals surface area contributed by atoms with E-state index in [2.05, 4.69) is 40.0 Å². The molecule has 2 heterocycles. The van der Waals surface area contributed by atoms with Gasteiger partial charge in [0.15, 0.2) is 0 Å². The van der Waals surface area contributed by atoms with E-state index in [1.807, 2.05) is 0 Å². The zero-order valence-corrected chi connectivity index (χ0v) is 15.7. The summed E-state index contributed by atoms with van der Waals surface area (Å²) in [4.78, 5) is 8.04. The van der Waals surface area contributed by atoms with Gasteiger partial charge in [0.1, 0.15) is 18.9 Å². The fraction of sp³-hybridized carbons (Fsp3) is 0.533. The number of alkyl halides is 3.